The molecular weight excluding hydrogens is 188 g/mol. The van der Waals surface area contributed by atoms with Crippen LogP contribution in [0.4, 0.5) is 0 Å². The molecule has 0 saturated heterocycles. The van der Waals surface area contributed by atoms with E-state index in [1.807, 2.05) is 19.9 Å². The number of ether oxygens (including phenoxy) is 1. The topological polar surface area (TPSA) is 29.5 Å². The van der Waals surface area contributed by atoms with Crippen LogP contribution in [0.15, 0.2) is 12.1 Å². The van der Waals surface area contributed by atoms with Gasteiger partial charge in [-0.15, -0.1) is 0 Å². The zero-order valence-electron chi connectivity index (χ0n) is 10.2. The maximum absolute atomic E-state index is 9.37. The molecule has 0 saturated carbocycles. The van der Waals surface area contributed by atoms with E-state index in [4.69, 9.17) is 4.74 Å². The summed E-state index contributed by atoms with van der Waals surface area (Å²) in [5.74, 6) is 0.858. The number of aryl methyl sites for hydroxylation is 2. The average Bonchev–Trinajstić information content (AvgIpc) is 2.21. The fourth-order valence-electron chi connectivity index (χ4n) is 1.57. The lowest BCUT2D eigenvalue weighted by molar-refractivity contribution is 0.214. The molecule has 0 spiro atoms. The van der Waals surface area contributed by atoms with E-state index in [9.17, 15) is 5.11 Å². The van der Waals surface area contributed by atoms with Crippen molar-refractivity contribution in [3.05, 3.63) is 28.8 Å². The van der Waals surface area contributed by atoms with Crippen molar-refractivity contribution in [2.24, 2.45) is 0 Å². The van der Waals surface area contributed by atoms with E-state index in [-0.39, 0.29) is 12.0 Å². The Kier molecular flexibility index (Phi) is 3.40. The van der Waals surface area contributed by atoms with Crippen molar-refractivity contribution < 1.29 is 9.84 Å². The highest BCUT2D eigenvalue weighted by molar-refractivity contribution is 5.45. The van der Waals surface area contributed by atoms with E-state index in [1.54, 1.807) is 7.11 Å². The number of rotatable bonds is 3. The molecule has 0 aliphatic carbocycles. The summed E-state index contributed by atoms with van der Waals surface area (Å²) in [4.78, 5) is 0. The summed E-state index contributed by atoms with van der Waals surface area (Å²) < 4.78 is 5.36. The SMILES string of the molecule is COc1cc(C)c(C)cc1C(C)(C)CO. The zero-order valence-corrected chi connectivity index (χ0v) is 10.2. The fraction of sp³-hybridized carbons (Fsp3) is 0.538. The molecule has 0 amide bonds. The molecule has 0 fully saturated rings. The average molecular weight is 208 g/mol. The number of hydrogen-bond acceptors (Lipinski definition) is 2. The Morgan fingerprint density at radius 2 is 1.73 bits per heavy atom. The van der Waals surface area contributed by atoms with Gasteiger partial charge in [0.25, 0.3) is 0 Å². The maximum Gasteiger partial charge on any atom is 0.122 e. The van der Waals surface area contributed by atoms with Crippen molar-refractivity contribution in [1.82, 2.24) is 0 Å². The van der Waals surface area contributed by atoms with Crippen LogP contribution >= 0.6 is 0 Å². The number of aliphatic hydroxyl groups is 1. The number of methoxy groups -OCH3 is 1. The predicted molar refractivity (Wildman–Crippen MR) is 62.6 cm³/mol. The Morgan fingerprint density at radius 1 is 1.20 bits per heavy atom. The van der Waals surface area contributed by atoms with Crippen LogP contribution in [-0.4, -0.2) is 18.8 Å². The van der Waals surface area contributed by atoms with Crippen LogP contribution in [0.25, 0.3) is 0 Å². The standard InChI is InChI=1S/C13H20O2/c1-9-6-11(13(3,4)8-14)12(15-5)7-10(9)2/h6-7,14H,8H2,1-5H3. The minimum atomic E-state index is -0.260. The van der Waals surface area contributed by atoms with Gasteiger partial charge in [-0.2, -0.15) is 0 Å². The lowest BCUT2D eigenvalue weighted by atomic mass is 9.83. The third kappa shape index (κ3) is 2.32. The van der Waals surface area contributed by atoms with Gasteiger partial charge in [0.1, 0.15) is 5.75 Å². The third-order valence-corrected chi connectivity index (χ3v) is 2.94. The van der Waals surface area contributed by atoms with Crippen molar-refractivity contribution in [3.63, 3.8) is 0 Å². The minimum Gasteiger partial charge on any atom is -0.496 e. The highest BCUT2D eigenvalue weighted by Gasteiger charge is 2.24. The van der Waals surface area contributed by atoms with E-state index in [0.717, 1.165) is 11.3 Å². The Bertz CT molecular complexity index is 354. The molecule has 1 aromatic carbocycles. The summed E-state index contributed by atoms with van der Waals surface area (Å²) >= 11 is 0. The lowest BCUT2D eigenvalue weighted by Gasteiger charge is -2.25. The molecule has 0 radical (unpaired) electrons. The monoisotopic (exact) mass is 208 g/mol. The summed E-state index contributed by atoms with van der Waals surface area (Å²) in [7, 11) is 1.67. The summed E-state index contributed by atoms with van der Waals surface area (Å²) in [5.41, 5.74) is 3.25. The van der Waals surface area contributed by atoms with Crippen LogP contribution in [0.1, 0.15) is 30.5 Å². The summed E-state index contributed by atoms with van der Waals surface area (Å²) in [6.45, 7) is 8.28. The Balaban J connectivity index is 3.34. The van der Waals surface area contributed by atoms with Gasteiger partial charge in [-0.3, -0.25) is 0 Å². The molecule has 0 unspecified atom stereocenters. The lowest BCUT2D eigenvalue weighted by Crippen LogP contribution is -2.23. The Morgan fingerprint density at radius 3 is 2.20 bits per heavy atom. The molecule has 1 N–H and O–H groups in total. The second kappa shape index (κ2) is 4.23. The van der Waals surface area contributed by atoms with Gasteiger partial charge < -0.3 is 9.84 Å². The van der Waals surface area contributed by atoms with E-state index in [1.165, 1.54) is 11.1 Å². The highest BCUT2D eigenvalue weighted by atomic mass is 16.5. The second-order valence-electron chi connectivity index (χ2n) is 4.68. The third-order valence-electron chi connectivity index (χ3n) is 2.94. The van der Waals surface area contributed by atoms with Gasteiger partial charge in [-0.25, -0.2) is 0 Å². The van der Waals surface area contributed by atoms with Gasteiger partial charge in [0.05, 0.1) is 13.7 Å². The van der Waals surface area contributed by atoms with Crippen LogP contribution in [-0.2, 0) is 5.41 Å². The normalized spacial score (nSPS) is 11.6. The van der Waals surface area contributed by atoms with Gasteiger partial charge in [0.15, 0.2) is 0 Å². The highest BCUT2D eigenvalue weighted by Crippen LogP contribution is 2.33. The van der Waals surface area contributed by atoms with Crippen molar-refractivity contribution in [3.8, 4) is 5.75 Å². The first-order chi connectivity index (χ1) is 6.92. The summed E-state index contributed by atoms with van der Waals surface area (Å²) in [6, 6.07) is 4.13. The molecule has 84 valence electrons. The van der Waals surface area contributed by atoms with Crippen LogP contribution < -0.4 is 4.74 Å². The molecule has 0 aliphatic rings. The van der Waals surface area contributed by atoms with Crippen LogP contribution in [0.2, 0.25) is 0 Å². The van der Waals surface area contributed by atoms with Crippen LogP contribution in [0.5, 0.6) is 5.75 Å². The smallest absolute Gasteiger partial charge is 0.122 e. The fourth-order valence-corrected chi connectivity index (χ4v) is 1.57. The molecule has 0 aliphatic heterocycles. The van der Waals surface area contributed by atoms with Gasteiger partial charge >= 0.3 is 0 Å². The van der Waals surface area contributed by atoms with E-state index in [2.05, 4.69) is 19.9 Å². The van der Waals surface area contributed by atoms with E-state index in [0.29, 0.717) is 0 Å². The molecule has 0 atom stereocenters. The first-order valence-electron chi connectivity index (χ1n) is 5.19. The van der Waals surface area contributed by atoms with E-state index >= 15 is 0 Å². The van der Waals surface area contributed by atoms with Crippen molar-refractivity contribution in [1.29, 1.82) is 0 Å². The molecule has 1 rings (SSSR count). The number of benzene rings is 1. The van der Waals surface area contributed by atoms with Gasteiger partial charge in [-0.05, 0) is 31.0 Å². The second-order valence-corrected chi connectivity index (χ2v) is 4.68. The largest absolute Gasteiger partial charge is 0.496 e. The number of hydrogen-bond donors (Lipinski definition) is 1. The van der Waals surface area contributed by atoms with Gasteiger partial charge in [0.2, 0.25) is 0 Å². The maximum atomic E-state index is 9.37. The quantitative estimate of drug-likeness (QED) is 0.827. The van der Waals surface area contributed by atoms with Crippen LogP contribution in [0.3, 0.4) is 0 Å². The van der Waals surface area contributed by atoms with Crippen molar-refractivity contribution in [2.75, 3.05) is 13.7 Å². The molecule has 2 nitrogen and oxygen atoms in total. The van der Waals surface area contributed by atoms with Crippen molar-refractivity contribution in [2.45, 2.75) is 33.1 Å². The number of aliphatic hydroxyl groups excluding tert-OH is 1. The van der Waals surface area contributed by atoms with Crippen LogP contribution in [0, 0.1) is 13.8 Å². The Hall–Kier alpha value is -1.02. The zero-order chi connectivity index (χ0) is 11.6. The molecule has 0 heterocycles. The first-order valence-corrected chi connectivity index (χ1v) is 5.19. The minimum absolute atomic E-state index is 0.117. The summed E-state index contributed by atoms with van der Waals surface area (Å²) in [5, 5.41) is 9.37. The molecule has 15 heavy (non-hydrogen) atoms. The molecule has 1 aromatic rings. The molecule has 0 aromatic heterocycles. The molecule has 2 heteroatoms. The van der Waals surface area contributed by atoms with Gasteiger partial charge in [0, 0.05) is 11.0 Å². The molecular formula is C13H20O2. The van der Waals surface area contributed by atoms with Crippen molar-refractivity contribution >= 4 is 0 Å². The molecule has 0 bridgehead atoms. The van der Waals surface area contributed by atoms with E-state index < -0.39 is 0 Å². The first kappa shape index (κ1) is 12.1. The summed E-state index contributed by atoms with van der Waals surface area (Å²) in [6.07, 6.45) is 0. The van der Waals surface area contributed by atoms with Gasteiger partial charge in [-0.1, -0.05) is 19.9 Å². The Labute approximate surface area is 91.9 Å². The predicted octanol–water partition coefficient (Wildman–Crippen LogP) is 2.58.